The zero-order valence-electron chi connectivity index (χ0n) is 71.0. The van der Waals surface area contributed by atoms with Gasteiger partial charge in [-0.3, -0.25) is 95.3 Å². The first-order chi connectivity index (χ1) is 61.5. The zero-order chi connectivity index (χ0) is 98.9. The molecule has 5 unspecified atom stereocenters. The Bertz CT molecular complexity index is 5200. The van der Waals surface area contributed by atoms with Crippen LogP contribution in [0.4, 0.5) is 26.3 Å². The molecule has 3 amide bonds. The van der Waals surface area contributed by atoms with Gasteiger partial charge in [-0.15, -0.1) is 0 Å². The largest absolute Gasteiger partial charge is 0.471 e. The van der Waals surface area contributed by atoms with Crippen molar-refractivity contribution in [2.45, 2.75) is 208 Å². The van der Waals surface area contributed by atoms with E-state index in [9.17, 15) is 132 Å². The number of rotatable bonds is 24. The second-order valence-corrected chi connectivity index (χ2v) is 37.1. The Morgan fingerprint density at radius 1 is 0.496 bits per heavy atom. The number of fused-ring (bicyclic) bond motifs is 6. The lowest BCUT2D eigenvalue weighted by molar-refractivity contribution is -0.173. The van der Waals surface area contributed by atoms with E-state index in [1.807, 2.05) is 39.6 Å². The van der Waals surface area contributed by atoms with Crippen LogP contribution in [0.2, 0.25) is 0 Å². The molecule has 0 saturated carbocycles. The molecule has 7 aliphatic heterocycles. The molecule has 0 bridgehead atoms. The van der Waals surface area contributed by atoms with E-state index in [1.54, 1.807) is 10.6 Å². The van der Waals surface area contributed by atoms with Crippen molar-refractivity contribution >= 4 is 117 Å². The lowest BCUT2D eigenvalue weighted by Crippen LogP contribution is -2.39. The minimum atomic E-state index is -4.96. The molecule has 0 radical (unpaired) electrons. The van der Waals surface area contributed by atoms with Gasteiger partial charge in [0.1, 0.15) is 37.1 Å². The molecule has 0 spiro atoms. The lowest BCUT2D eigenvalue weighted by atomic mass is 10.1. The Labute approximate surface area is 762 Å². The number of alkyl halides is 6. The number of H-pyrrole nitrogens is 3. The fourth-order valence-electron chi connectivity index (χ4n) is 11.6. The van der Waals surface area contributed by atoms with Crippen molar-refractivity contribution < 1.29 is 151 Å². The van der Waals surface area contributed by atoms with E-state index in [2.05, 4.69) is 42.6 Å². The third-order valence-corrected chi connectivity index (χ3v) is 25.9. The molecule has 12 heterocycles. The van der Waals surface area contributed by atoms with Crippen LogP contribution in [0.3, 0.4) is 0 Å². The Morgan fingerprint density at radius 2 is 0.863 bits per heavy atom. The van der Waals surface area contributed by atoms with Crippen molar-refractivity contribution in [3.05, 3.63) is 145 Å². The Kier molecular flexibility index (Phi) is 47.5. The molecule has 20 atom stereocenters. The summed E-state index contributed by atoms with van der Waals surface area (Å²) in [7, 11) is 2.20. The van der Waals surface area contributed by atoms with Crippen molar-refractivity contribution in [3.63, 3.8) is 0 Å². The highest BCUT2D eigenvalue weighted by molar-refractivity contribution is 8.77. The van der Waals surface area contributed by atoms with E-state index in [4.69, 9.17) is 52.8 Å². The van der Waals surface area contributed by atoms with Gasteiger partial charge < -0.3 is 99.1 Å². The van der Waals surface area contributed by atoms with Gasteiger partial charge in [-0.2, -0.15) is 48.9 Å². The van der Waals surface area contributed by atoms with Crippen molar-refractivity contribution in [1.82, 2.24) is 63.7 Å². The molecule has 0 aromatic carbocycles. The number of thiol groups is 1. The van der Waals surface area contributed by atoms with Crippen LogP contribution in [0.5, 0.6) is 12.0 Å². The van der Waals surface area contributed by atoms with Crippen LogP contribution in [-0.4, -0.2) is 304 Å². The molecule has 736 valence electrons. The highest BCUT2D eigenvalue weighted by Crippen LogP contribution is 2.45. The Hall–Kier alpha value is -8.96. The number of aliphatic hydroxyl groups is 7. The quantitative estimate of drug-likeness (QED) is 0.00580. The number of aromatic amines is 3. The molecule has 5 saturated heterocycles. The van der Waals surface area contributed by atoms with Crippen LogP contribution in [0.25, 0.3) is 0 Å². The summed E-state index contributed by atoms with van der Waals surface area (Å²) in [5, 5.41) is 71.6. The van der Waals surface area contributed by atoms with Gasteiger partial charge in [0, 0.05) is 139 Å². The highest BCUT2D eigenvalue weighted by atomic mass is 33.1. The second kappa shape index (κ2) is 54.4. The molecule has 60 heteroatoms. The molecule has 5 aromatic heterocycles. The van der Waals surface area contributed by atoms with Gasteiger partial charge in [-0.05, 0) is 17.2 Å². The third kappa shape index (κ3) is 35.1. The minimum absolute atomic E-state index is 0.0629. The predicted molar refractivity (Wildman–Crippen MR) is 457 cm³/mol. The maximum atomic E-state index is 12.1. The Balaban J connectivity index is 0.000000325. The molecule has 0 aliphatic carbocycles. The molecule has 7 aliphatic rings. The molecular weight excluding hydrogens is 1920 g/mol. The summed E-state index contributed by atoms with van der Waals surface area (Å²) in [6.45, 7) is 15.0. The van der Waals surface area contributed by atoms with E-state index in [0.717, 1.165) is 43.0 Å². The number of hydrogen-bond acceptors (Lipinski definition) is 42. The van der Waals surface area contributed by atoms with Gasteiger partial charge in [0.05, 0.1) is 60.0 Å². The first-order valence-corrected chi connectivity index (χ1v) is 47.5. The van der Waals surface area contributed by atoms with E-state index < -0.39 is 217 Å². The fraction of sp³-hybridized carbons (Fsp3) is 0.620. The number of carbonyl (C=O) groups excluding carboxylic acids is 7. The van der Waals surface area contributed by atoms with Crippen LogP contribution in [0.15, 0.2) is 99.7 Å². The number of hydrogen-bond donors (Lipinski definition) is 14. The first-order valence-electron chi connectivity index (χ1n) is 38.9. The maximum Gasteiger partial charge on any atom is 0.471 e. The summed E-state index contributed by atoms with van der Waals surface area (Å²) in [5.74, 6) is -5.65. The molecule has 47 nitrogen and oxygen atoms in total. The van der Waals surface area contributed by atoms with Crippen molar-refractivity contribution in [2.75, 3.05) is 69.6 Å². The summed E-state index contributed by atoms with van der Waals surface area (Å²) >= 11 is 4.14. The number of amides is 3. The van der Waals surface area contributed by atoms with Crippen LogP contribution in [0, 0.1) is 0 Å². The monoisotopic (exact) mass is 2020 g/mol. The number of carbonyl (C=O) groups is 7. The SMILES string of the molecule is CC.CC.CC(=O)OC(C)=O.CC(=O)OC[C@H]1O[C@@H]2[C@H](Oc3nc(=O)ccn32)C1OC(C)=O.CC[C@H]1O[C@@H](n2ccc(=O)[nH]c2=O)[C@@H](SSCCNC(C)=O)C1O.CS(=O)(=O)SCCNC(=O)C(F)(F)F.O=C(NCCSS[C@H]1C(O)[C@@H](CO)O[C@H]1n1ccc(=O)[nH]c1=O)C(F)(F)F.O=c1ccn([C@@H]2O[C@H](CO)C(O)[C@@H]2S)c(=O)[nH]1.O=c1ccn2c(n1)O[C@@H]1C(O)[C@@H](CO)O[C@H]12. The smallest absolute Gasteiger partial charge is 0.463 e. The van der Waals surface area contributed by atoms with Gasteiger partial charge in [0.25, 0.3) is 27.8 Å². The average Bonchev–Trinajstić information content (AvgIpc) is 1.60. The zero-order valence-corrected chi connectivity index (χ0v) is 76.8. The molecule has 131 heavy (non-hydrogen) atoms. The summed E-state index contributed by atoms with van der Waals surface area (Å²) < 4.78 is 151. The Morgan fingerprint density at radius 3 is 1.24 bits per heavy atom. The molecular formula is C71H99F6N13O34S7. The van der Waals surface area contributed by atoms with Crippen LogP contribution in [0.1, 0.15) is 107 Å². The van der Waals surface area contributed by atoms with Crippen molar-refractivity contribution in [3.8, 4) is 12.0 Å². The van der Waals surface area contributed by atoms with Crippen LogP contribution < -0.4 is 70.3 Å². The van der Waals surface area contributed by atoms with Crippen molar-refractivity contribution in [1.29, 1.82) is 0 Å². The average molecular weight is 2020 g/mol. The van der Waals surface area contributed by atoms with E-state index in [1.165, 1.54) is 125 Å². The van der Waals surface area contributed by atoms with Gasteiger partial charge in [0.2, 0.25) is 5.91 Å². The van der Waals surface area contributed by atoms with E-state index >= 15 is 0 Å². The number of ether oxygens (including phenoxy) is 10. The van der Waals surface area contributed by atoms with Gasteiger partial charge >= 0.3 is 77.1 Å². The number of nitrogens with one attached hydrogen (secondary N) is 6. The summed E-state index contributed by atoms with van der Waals surface area (Å²) in [6.07, 6.45) is -14.4. The molecule has 5 fully saturated rings. The first kappa shape index (κ1) is 114. The number of halogens is 6. The molecule has 12 rings (SSSR count). The minimum Gasteiger partial charge on any atom is -0.463 e. The molecule has 13 N–H and O–H groups in total. The second-order valence-electron chi connectivity index (χ2n) is 26.6. The number of nitrogens with zero attached hydrogens (tertiary/aromatic N) is 7. The summed E-state index contributed by atoms with van der Waals surface area (Å²) in [5.41, 5.74) is -4.43. The van der Waals surface area contributed by atoms with E-state index in [-0.39, 0.29) is 73.7 Å². The van der Waals surface area contributed by atoms with Gasteiger partial charge in [0.15, 0.2) is 58.3 Å². The standard InChI is InChI=1S/C14H21N3O5S2.C13H16F3N3O6S2.C13H14N2O7.C9H12N2O5S.C9H10N2O5.C5H8F3NO3S2.C4H6O3.2C2H6/c1-3-9-11(20)12(24-23-7-5-15-8(2)18)13(22-9)17-6-4-10(19)16-14(17)21;14-13(15,16)11(23)17-2-4-26-27-9-8(22)6(5-20)25-10(9)19-3-1-7(21)18-12(19)24;1-6(16)19-5-8-10(20-7(2)17)11-12(21-8)15-4-3-9(18)14-13(15)22-11;12-3-4-6(14)7(17)8(16-4)11-2-1-5(13)10-9(11)15;12-3-4-6(14)7-8(15-4)11-2-1-5(13)10-9(11)16-7;1-14(11,12)13-3-2-9-4(10)5(6,7)8;1-3(5)7-4(2)6;2*1-2/h4,6,9,11-13,20H,3,5,7H2,1-2H3,(H,15,18)(H,16,19,21);1,3,6,8-10,20,22H,2,4-5H2,(H,17,23)(H,18,21,24);3-4,8,10-12H,5H2,1-2H3;1-2,4,6-8,12,14,17H,3H2,(H,10,13,15);1-2,4,6-8,12,14H,3H2;2-3H2,1H3,(H,9,10);1-2H3;2*1-2H3/t9-,11?,12+,13-;6-,8?,9+,10-;8-,10?,11-,12-;4-,6?,7+,8-;4-,6?,7-,8-;;;;/m11111..../s1. The normalized spacial score (nSPS) is 25.4. The van der Waals surface area contributed by atoms with Gasteiger partial charge in [-0.25, -0.2) is 22.8 Å². The third-order valence-electron chi connectivity index (χ3n) is 17.1. The summed E-state index contributed by atoms with van der Waals surface area (Å²) in [4.78, 5) is 178. The highest BCUT2D eigenvalue weighted by Gasteiger charge is 2.55. The van der Waals surface area contributed by atoms with E-state index in [0.29, 0.717) is 29.5 Å². The fourth-order valence-corrected chi connectivity index (χ4v) is 19.0. The number of aliphatic hydroxyl groups excluding tert-OH is 7. The maximum absolute atomic E-state index is 12.1. The van der Waals surface area contributed by atoms with Crippen LogP contribution >= 0.6 is 66.6 Å². The molecule has 5 aromatic rings. The lowest BCUT2D eigenvalue weighted by Gasteiger charge is -2.20. The topological polar surface area (TPSA) is 658 Å². The van der Waals surface area contributed by atoms with Crippen molar-refractivity contribution in [2.24, 2.45) is 0 Å². The number of esters is 4. The van der Waals surface area contributed by atoms with Gasteiger partial charge in [-0.1, -0.05) is 77.8 Å². The number of aromatic nitrogens is 10. The summed E-state index contributed by atoms with van der Waals surface area (Å²) in [6, 6.07) is 6.32. The van der Waals surface area contributed by atoms with Crippen LogP contribution in [-0.2, 0) is 80.3 Å². The predicted octanol–water partition coefficient (Wildman–Crippen LogP) is -2.45.